The second kappa shape index (κ2) is 5.79. The zero-order valence-corrected chi connectivity index (χ0v) is 12.2. The number of rotatable bonds is 3. The summed E-state index contributed by atoms with van der Waals surface area (Å²) in [5.74, 6) is 1.12. The monoisotopic (exact) mass is 263 g/mol. The van der Waals surface area contributed by atoms with Gasteiger partial charge in [-0.05, 0) is 44.3 Å². The summed E-state index contributed by atoms with van der Waals surface area (Å²) in [6.45, 7) is 6.73. The minimum Gasteiger partial charge on any atom is -0.328 e. The summed E-state index contributed by atoms with van der Waals surface area (Å²) in [4.78, 5) is 2.27. The van der Waals surface area contributed by atoms with E-state index in [4.69, 9.17) is 11.6 Å². The molecule has 1 nitrogen and oxygen atoms in total. The van der Waals surface area contributed by atoms with Gasteiger partial charge in [-0.25, -0.2) is 0 Å². The molecular weight excluding hydrogens is 242 g/mol. The van der Waals surface area contributed by atoms with E-state index in [-0.39, 0.29) is 0 Å². The lowest BCUT2D eigenvalue weighted by atomic mass is 9.95. The van der Waals surface area contributed by atoms with Gasteiger partial charge >= 0.3 is 0 Å². The topological polar surface area (TPSA) is 3.24 Å². The fourth-order valence-electron chi connectivity index (χ4n) is 2.35. The van der Waals surface area contributed by atoms with Crippen molar-refractivity contribution in [1.82, 2.24) is 4.90 Å². The van der Waals surface area contributed by atoms with E-state index in [1.807, 2.05) is 0 Å². The van der Waals surface area contributed by atoms with Crippen LogP contribution in [0, 0.1) is 11.8 Å². The predicted octanol–water partition coefficient (Wildman–Crippen LogP) is 5.18. The van der Waals surface area contributed by atoms with Crippen molar-refractivity contribution in [2.75, 3.05) is 0 Å². The van der Waals surface area contributed by atoms with Crippen LogP contribution in [0.5, 0.6) is 0 Å². The molecule has 0 saturated carbocycles. The molecule has 1 aliphatic heterocycles. The molecule has 2 rings (SSSR count). The molecule has 1 aliphatic carbocycles. The third-order valence-electron chi connectivity index (χ3n) is 4.03. The van der Waals surface area contributed by atoms with Crippen molar-refractivity contribution in [3.05, 3.63) is 46.9 Å². The highest BCUT2D eigenvalue weighted by Gasteiger charge is 2.21. The Morgan fingerprint density at radius 1 is 1.56 bits per heavy atom. The molecule has 0 fully saturated rings. The largest absolute Gasteiger partial charge is 0.328 e. The molecule has 98 valence electrons. The van der Waals surface area contributed by atoms with Crippen LogP contribution in [0.2, 0.25) is 0 Å². The Morgan fingerprint density at radius 2 is 2.33 bits per heavy atom. The van der Waals surface area contributed by atoms with Crippen molar-refractivity contribution in [1.29, 1.82) is 0 Å². The standard InChI is InChI=1S/C16H22ClN/c1-4-12(2)13(3)11-18-9-5-6-14-10-15(18)7-8-16(14)17/h5,7-9,11-12,14H,4,6,10H2,1-3H3/b13-11-. The van der Waals surface area contributed by atoms with Gasteiger partial charge in [-0.3, -0.25) is 0 Å². The van der Waals surface area contributed by atoms with Gasteiger partial charge in [0.2, 0.25) is 0 Å². The van der Waals surface area contributed by atoms with E-state index < -0.39 is 0 Å². The first kappa shape index (κ1) is 13.5. The molecule has 0 spiro atoms. The minimum absolute atomic E-state index is 0.477. The average molecular weight is 264 g/mol. The summed E-state index contributed by atoms with van der Waals surface area (Å²) < 4.78 is 0. The van der Waals surface area contributed by atoms with Crippen LogP contribution in [0.4, 0.5) is 0 Å². The maximum Gasteiger partial charge on any atom is 0.0227 e. The number of fused-ring (bicyclic) bond motifs is 2. The van der Waals surface area contributed by atoms with Crippen molar-refractivity contribution >= 4 is 11.6 Å². The minimum atomic E-state index is 0.477. The molecule has 0 aromatic rings. The van der Waals surface area contributed by atoms with Gasteiger partial charge in [-0.1, -0.05) is 37.1 Å². The van der Waals surface area contributed by atoms with E-state index in [1.54, 1.807) is 0 Å². The zero-order chi connectivity index (χ0) is 13.1. The van der Waals surface area contributed by atoms with Crippen LogP contribution >= 0.6 is 11.6 Å². The molecule has 0 amide bonds. The lowest BCUT2D eigenvalue weighted by molar-refractivity contribution is 0.529. The Bertz CT molecular complexity index is 428. The highest BCUT2D eigenvalue weighted by Crippen LogP contribution is 2.35. The smallest absolute Gasteiger partial charge is 0.0227 e. The van der Waals surface area contributed by atoms with Gasteiger partial charge < -0.3 is 4.90 Å². The molecule has 0 aromatic heterocycles. The van der Waals surface area contributed by atoms with E-state index in [2.05, 4.69) is 56.3 Å². The van der Waals surface area contributed by atoms with Gasteiger partial charge in [-0.15, -0.1) is 0 Å². The van der Waals surface area contributed by atoms with Gasteiger partial charge in [0.15, 0.2) is 0 Å². The first-order chi connectivity index (χ1) is 8.61. The van der Waals surface area contributed by atoms with Crippen LogP contribution in [-0.2, 0) is 0 Å². The van der Waals surface area contributed by atoms with Crippen LogP contribution < -0.4 is 0 Å². The van der Waals surface area contributed by atoms with Crippen molar-refractivity contribution in [3.63, 3.8) is 0 Å². The molecule has 2 atom stereocenters. The highest BCUT2D eigenvalue weighted by atomic mass is 35.5. The molecule has 18 heavy (non-hydrogen) atoms. The molecule has 0 N–H and O–H groups in total. The predicted molar refractivity (Wildman–Crippen MR) is 78.9 cm³/mol. The van der Waals surface area contributed by atoms with E-state index in [0.717, 1.165) is 17.9 Å². The van der Waals surface area contributed by atoms with Crippen molar-refractivity contribution in [2.45, 2.75) is 40.0 Å². The van der Waals surface area contributed by atoms with Crippen molar-refractivity contribution < 1.29 is 0 Å². The van der Waals surface area contributed by atoms with E-state index in [9.17, 15) is 0 Å². The van der Waals surface area contributed by atoms with Gasteiger partial charge in [0.05, 0.1) is 0 Å². The van der Waals surface area contributed by atoms with Gasteiger partial charge in [0.25, 0.3) is 0 Å². The maximum absolute atomic E-state index is 6.23. The molecule has 2 bridgehead atoms. The van der Waals surface area contributed by atoms with Crippen LogP contribution in [0.25, 0.3) is 0 Å². The maximum atomic E-state index is 6.23. The third-order valence-corrected chi connectivity index (χ3v) is 4.47. The lowest BCUT2D eigenvalue weighted by Crippen LogP contribution is -2.14. The fraction of sp³-hybridized carbons (Fsp3) is 0.500. The van der Waals surface area contributed by atoms with Gasteiger partial charge in [-0.2, -0.15) is 0 Å². The fourth-order valence-corrected chi connectivity index (χ4v) is 2.58. The van der Waals surface area contributed by atoms with Crippen molar-refractivity contribution in [3.8, 4) is 0 Å². The normalized spacial score (nSPS) is 25.4. The first-order valence-corrected chi connectivity index (χ1v) is 7.19. The van der Waals surface area contributed by atoms with E-state index in [0.29, 0.717) is 11.8 Å². The summed E-state index contributed by atoms with van der Waals surface area (Å²) in [6.07, 6.45) is 14.2. The molecule has 2 aliphatic rings. The summed E-state index contributed by atoms with van der Waals surface area (Å²) in [5.41, 5.74) is 2.78. The van der Waals surface area contributed by atoms with Crippen LogP contribution in [0.1, 0.15) is 40.0 Å². The second-order valence-corrected chi connectivity index (χ2v) is 5.76. The number of allylic oxidation sites excluding steroid dienone is 6. The molecule has 0 saturated heterocycles. The summed E-state index contributed by atoms with van der Waals surface area (Å²) in [6, 6.07) is 0. The van der Waals surface area contributed by atoms with Gasteiger partial charge in [0.1, 0.15) is 0 Å². The molecular formula is C16H22ClN. The number of halogens is 1. The Hall–Kier alpha value is -0.950. The summed E-state index contributed by atoms with van der Waals surface area (Å²) in [5, 5.41) is 0.993. The second-order valence-electron chi connectivity index (χ2n) is 5.32. The van der Waals surface area contributed by atoms with Gasteiger partial charge in [0, 0.05) is 29.0 Å². The Labute approximate surface area is 116 Å². The Kier molecular flexibility index (Phi) is 4.34. The molecule has 2 unspecified atom stereocenters. The van der Waals surface area contributed by atoms with E-state index >= 15 is 0 Å². The molecule has 0 radical (unpaired) electrons. The lowest BCUT2D eigenvalue weighted by Gasteiger charge is -2.25. The highest BCUT2D eigenvalue weighted by molar-refractivity contribution is 6.30. The summed E-state index contributed by atoms with van der Waals surface area (Å²) >= 11 is 6.23. The van der Waals surface area contributed by atoms with Crippen molar-refractivity contribution in [2.24, 2.45) is 11.8 Å². The summed E-state index contributed by atoms with van der Waals surface area (Å²) in [7, 11) is 0. The number of hydrogen-bond donors (Lipinski definition) is 0. The quantitative estimate of drug-likeness (QED) is 0.678. The Balaban J connectivity index is 2.23. The van der Waals surface area contributed by atoms with Crippen LogP contribution in [0.15, 0.2) is 46.9 Å². The molecule has 2 heteroatoms. The number of hydrogen-bond acceptors (Lipinski definition) is 1. The average Bonchev–Trinajstić information content (AvgIpc) is 2.54. The zero-order valence-electron chi connectivity index (χ0n) is 11.5. The van der Waals surface area contributed by atoms with Crippen LogP contribution in [0.3, 0.4) is 0 Å². The molecule has 0 aromatic carbocycles. The first-order valence-electron chi connectivity index (χ1n) is 6.81. The Morgan fingerprint density at radius 3 is 3.06 bits per heavy atom. The van der Waals surface area contributed by atoms with Crippen LogP contribution in [-0.4, -0.2) is 4.90 Å². The SMILES string of the molecule is CCC(C)/C(C)=C\N1C=CCC2CC1=CC=C2Cl. The van der Waals surface area contributed by atoms with E-state index in [1.165, 1.54) is 17.7 Å². The number of nitrogens with zero attached hydrogens (tertiary/aromatic N) is 1. The molecule has 1 heterocycles. The third kappa shape index (κ3) is 2.89.